The molecule has 9 nitrogen and oxygen atoms in total. The van der Waals surface area contributed by atoms with E-state index >= 15 is 0 Å². The monoisotopic (exact) mass is 485 g/mol. The predicted molar refractivity (Wildman–Crippen MR) is 127 cm³/mol. The van der Waals surface area contributed by atoms with Gasteiger partial charge in [-0.1, -0.05) is 24.3 Å². The Balaban J connectivity index is 1.73. The summed E-state index contributed by atoms with van der Waals surface area (Å²) in [5.41, 5.74) is 11.6. The van der Waals surface area contributed by atoms with Gasteiger partial charge in [0.2, 0.25) is 5.91 Å². The number of anilines is 2. The second kappa shape index (κ2) is 10.1. The third-order valence-corrected chi connectivity index (χ3v) is 7.03. The maximum absolute atomic E-state index is 13.8. The van der Waals surface area contributed by atoms with Gasteiger partial charge >= 0.3 is 0 Å². The van der Waals surface area contributed by atoms with Crippen LogP contribution >= 0.6 is 22.9 Å². The highest BCUT2D eigenvalue weighted by Crippen LogP contribution is 2.34. The first kappa shape index (κ1) is 22.9. The zero-order valence-corrected chi connectivity index (χ0v) is 19.2. The zero-order valence-electron chi connectivity index (χ0n) is 17.6. The molecule has 0 aliphatic carbocycles. The number of nitrogen functional groups attached to an aromatic ring is 1. The lowest BCUT2D eigenvalue weighted by molar-refractivity contribution is -0.122. The Morgan fingerprint density at radius 3 is 2.61 bits per heavy atom. The largest absolute Gasteiger partial charge is 0.395 e. The molecular formula is C22H23N5O4S2. The number of nitrogens with two attached hydrogens (primary N) is 2. The van der Waals surface area contributed by atoms with Gasteiger partial charge in [-0.05, 0) is 48.0 Å². The highest BCUT2D eigenvalue weighted by molar-refractivity contribution is 7.10. The minimum absolute atomic E-state index is 0.0427. The molecule has 0 saturated carbocycles. The second-order valence-electron chi connectivity index (χ2n) is 7.45. The van der Waals surface area contributed by atoms with E-state index in [0.29, 0.717) is 23.7 Å². The molecular weight excluding hydrogens is 462 g/mol. The van der Waals surface area contributed by atoms with Crippen LogP contribution in [0.25, 0.3) is 0 Å². The molecule has 33 heavy (non-hydrogen) atoms. The number of hydrogen-bond donors (Lipinski definition) is 3. The summed E-state index contributed by atoms with van der Waals surface area (Å²) >= 11 is 2.14. The molecule has 3 aromatic rings. The number of nitrogens with zero attached hydrogens (tertiary/aromatic N) is 2. The second-order valence-corrected chi connectivity index (χ2v) is 9.20. The third-order valence-electron chi connectivity index (χ3n) is 5.26. The molecule has 3 heterocycles. The topological polar surface area (TPSA) is 141 Å². The van der Waals surface area contributed by atoms with E-state index in [-0.39, 0.29) is 28.3 Å². The van der Waals surface area contributed by atoms with Crippen LogP contribution in [-0.4, -0.2) is 41.4 Å². The van der Waals surface area contributed by atoms with Gasteiger partial charge in [-0.3, -0.25) is 19.3 Å². The lowest BCUT2D eigenvalue weighted by Crippen LogP contribution is -2.45. The van der Waals surface area contributed by atoms with Gasteiger partial charge in [0.05, 0.1) is 11.8 Å². The van der Waals surface area contributed by atoms with Crippen molar-refractivity contribution in [3.63, 3.8) is 0 Å². The van der Waals surface area contributed by atoms with Gasteiger partial charge in [-0.25, -0.2) is 0 Å². The average molecular weight is 486 g/mol. The van der Waals surface area contributed by atoms with E-state index in [0.717, 1.165) is 24.4 Å². The summed E-state index contributed by atoms with van der Waals surface area (Å²) < 4.78 is 9.57. The number of carbonyl (C=O) groups is 3. The van der Waals surface area contributed by atoms with E-state index in [1.54, 1.807) is 30.3 Å². The quantitative estimate of drug-likeness (QED) is 0.448. The third kappa shape index (κ3) is 4.90. The summed E-state index contributed by atoms with van der Waals surface area (Å²) in [5, 5.41) is 4.78. The lowest BCUT2D eigenvalue weighted by atomic mass is 10.1. The van der Waals surface area contributed by atoms with Crippen LogP contribution in [0.3, 0.4) is 0 Å². The van der Waals surface area contributed by atoms with E-state index in [9.17, 15) is 14.4 Å². The van der Waals surface area contributed by atoms with Gasteiger partial charge in [0.1, 0.15) is 4.88 Å². The van der Waals surface area contributed by atoms with Crippen molar-refractivity contribution in [2.24, 2.45) is 5.73 Å². The Hall–Kier alpha value is -3.28. The van der Waals surface area contributed by atoms with Crippen LogP contribution in [0, 0.1) is 0 Å². The van der Waals surface area contributed by atoms with Crippen molar-refractivity contribution in [3.05, 3.63) is 63.3 Å². The summed E-state index contributed by atoms with van der Waals surface area (Å²) in [6.07, 6.45) is 1.78. The fourth-order valence-corrected chi connectivity index (χ4v) is 5.20. The molecule has 0 spiro atoms. The van der Waals surface area contributed by atoms with Gasteiger partial charge in [0.25, 0.3) is 11.8 Å². The van der Waals surface area contributed by atoms with Crippen LogP contribution < -0.4 is 21.7 Å². The number of rotatable bonds is 8. The highest BCUT2D eigenvalue weighted by atomic mass is 32.1. The average Bonchev–Trinajstić information content (AvgIpc) is 3.58. The van der Waals surface area contributed by atoms with Crippen LogP contribution in [0.2, 0.25) is 0 Å². The van der Waals surface area contributed by atoms with E-state index < -0.39 is 17.9 Å². The number of primary amides is 1. The fourth-order valence-electron chi connectivity index (χ4n) is 3.65. The predicted octanol–water partition coefficient (Wildman–Crippen LogP) is 2.57. The number of hydrogen-bond acceptors (Lipinski definition) is 8. The normalized spacial score (nSPS) is 16.3. The number of aromatic nitrogens is 1. The molecule has 1 aliphatic rings. The first-order valence-electron chi connectivity index (χ1n) is 10.3. The van der Waals surface area contributed by atoms with E-state index in [1.165, 1.54) is 16.2 Å². The van der Waals surface area contributed by atoms with Gasteiger partial charge < -0.3 is 21.5 Å². The van der Waals surface area contributed by atoms with Crippen LogP contribution in [0.1, 0.15) is 43.9 Å². The zero-order chi connectivity index (χ0) is 23.4. The lowest BCUT2D eigenvalue weighted by Gasteiger charge is -2.30. The highest BCUT2D eigenvalue weighted by Gasteiger charge is 2.36. The molecule has 172 valence electrons. The van der Waals surface area contributed by atoms with Crippen molar-refractivity contribution in [3.8, 4) is 0 Å². The van der Waals surface area contributed by atoms with Gasteiger partial charge in [-0.15, -0.1) is 11.3 Å². The minimum Gasteiger partial charge on any atom is -0.395 e. The first-order valence-corrected chi connectivity index (χ1v) is 12.0. The van der Waals surface area contributed by atoms with Crippen molar-refractivity contribution in [1.82, 2.24) is 9.69 Å². The molecule has 0 radical (unpaired) electrons. The number of ether oxygens (including phenoxy) is 1. The maximum Gasteiger partial charge on any atom is 0.273 e. The molecule has 5 N–H and O–H groups in total. The molecule has 1 saturated heterocycles. The number of nitrogens with one attached hydrogen (secondary N) is 1. The summed E-state index contributed by atoms with van der Waals surface area (Å²) in [5.74, 6) is -1.71. The van der Waals surface area contributed by atoms with E-state index in [4.69, 9.17) is 16.2 Å². The van der Waals surface area contributed by atoms with E-state index in [1.807, 2.05) is 17.5 Å². The van der Waals surface area contributed by atoms with Gasteiger partial charge in [0, 0.05) is 23.7 Å². The van der Waals surface area contributed by atoms with Crippen LogP contribution in [0.4, 0.5) is 11.4 Å². The standard InChI is InChI=1S/C22H23N5O4S2/c23-16-17(20(24)28)26-33-19(16)22(30)27(13-6-2-1-3-7-13)18(15-9-5-11-32-15)21(29)25-12-14-8-4-10-31-14/h1-3,5-7,9,11,14,18H,4,8,10,12,23H2,(H2,24,28)(H,25,29)/t14-,18+/m0/s1. The molecule has 0 unspecified atom stereocenters. The van der Waals surface area contributed by atoms with Crippen LogP contribution in [-0.2, 0) is 9.53 Å². The molecule has 0 bridgehead atoms. The Kier molecular flexibility index (Phi) is 7.02. The number of thiophene rings is 1. The summed E-state index contributed by atoms with van der Waals surface area (Å²) in [4.78, 5) is 41.0. The number of carbonyl (C=O) groups excluding carboxylic acids is 3. The van der Waals surface area contributed by atoms with Crippen molar-refractivity contribution in [2.75, 3.05) is 23.8 Å². The molecule has 1 fully saturated rings. The fraction of sp³-hybridized carbons (Fsp3) is 0.273. The van der Waals surface area contributed by atoms with E-state index in [2.05, 4.69) is 9.69 Å². The van der Waals surface area contributed by atoms with Crippen molar-refractivity contribution < 1.29 is 19.1 Å². The van der Waals surface area contributed by atoms with Gasteiger partial charge in [-0.2, -0.15) is 4.37 Å². The molecule has 1 aromatic carbocycles. The summed E-state index contributed by atoms with van der Waals surface area (Å²) in [6, 6.07) is 11.5. The summed E-state index contributed by atoms with van der Waals surface area (Å²) in [6.45, 7) is 1.03. The number of benzene rings is 1. The molecule has 4 rings (SSSR count). The maximum atomic E-state index is 13.8. The Morgan fingerprint density at radius 1 is 1.21 bits per heavy atom. The molecule has 11 heteroatoms. The molecule has 2 atom stereocenters. The first-order chi connectivity index (χ1) is 16.0. The van der Waals surface area contributed by atoms with Gasteiger partial charge in [0.15, 0.2) is 11.7 Å². The summed E-state index contributed by atoms with van der Waals surface area (Å²) in [7, 11) is 0. The minimum atomic E-state index is -0.958. The van der Waals surface area contributed by atoms with Crippen LogP contribution in [0.15, 0.2) is 47.8 Å². The van der Waals surface area contributed by atoms with Crippen molar-refractivity contribution in [2.45, 2.75) is 25.0 Å². The molecule has 3 amide bonds. The van der Waals surface area contributed by atoms with Crippen LogP contribution in [0.5, 0.6) is 0 Å². The smallest absolute Gasteiger partial charge is 0.273 e. The molecule has 2 aromatic heterocycles. The Bertz CT molecular complexity index is 1130. The van der Waals surface area contributed by atoms with Crippen molar-refractivity contribution in [1.29, 1.82) is 0 Å². The SMILES string of the molecule is NC(=O)c1nsc(C(=O)N(c2ccccc2)[C@@H](C(=O)NC[C@@H]2CCCO2)c2cccs2)c1N. The number of amides is 3. The Morgan fingerprint density at radius 2 is 2.00 bits per heavy atom. The Labute approximate surface area is 198 Å². The van der Waals surface area contributed by atoms with Crippen molar-refractivity contribution >= 4 is 52.0 Å². The number of para-hydroxylation sites is 1. The molecule has 1 aliphatic heterocycles.